The normalized spacial score (nSPS) is 13.8. The molecule has 0 aromatic rings. The SMILES string of the molecule is CCC=CCCCCCCCC(O)CC(=O)N[C@@H](CCO)C(=O)O. The number of allylic oxidation sites excluding steroid dienone is 2. The smallest absolute Gasteiger partial charge is 0.326 e. The summed E-state index contributed by atoms with van der Waals surface area (Å²) in [5, 5.41) is 29.8. The van der Waals surface area contributed by atoms with Crippen LogP contribution in [0.2, 0.25) is 0 Å². The quantitative estimate of drug-likeness (QED) is 0.270. The second-order valence-corrected chi connectivity index (χ2v) is 6.05. The summed E-state index contributed by atoms with van der Waals surface area (Å²) in [5.74, 6) is -1.67. The maximum atomic E-state index is 11.7. The number of unbranched alkanes of at least 4 members (excludes halogenated alkanes) is 5. The van der Waals surface area contributed by atoms with Crippen LogP contribution in [0.3, 0.4) is 0 Å². The van der Waals surface area contributed by atoms with E-state index in [1.807, 2.05) is 0 Å². The summed E-state index contributed by atoms with van der Waals surface area (Å²) >= 11 is 0. The van der Waals surface area contributed by atoms with Gasteiger partial charge in [0, 0.05) is 13.0 Å². The standard InChI is InChI=1S/C18H33NO5/c1-2-3-4-5-6-7-8-9-10-11-15(21)14-17(22)19-16(12-13-20)18(23)24/h3-4,15-16,20-21H,2,5-14H2,1H3,(H,19,22)(H,23,24)/t15?,16-/m0/s1. The monoisotopic (exact) mass is 343 g/mol. The van der Waals surface area contributed by atoms with Crippen molar-refractivity contribution in [2.75, 3.05) is 6.61 Å². The average molecular weight is 343 g/mol. The highest BCUT2D eigenvalue weighted by Crippen LogP contribution is 2.11. The van der Waals surface area contributed by atoms with Crippen LogP contribution < -0.4 is 5.32 Å². The van der Waals surface area contributed by atoms with E-state index in [0.29, 0.717) is 6.42 Å². The minimum Gasteiger partial charge on any atom is -0.480 e. The Morgan fingerprint density at radius 3 is 2.33 bits per heavy atom. The molecule has 0 fully saturated rings. The zero-order valence-electron chi connectivity index (χ0n) is 14.7. The number of hydrogen-bond donors (Lipinski definition) is 4. The van der Waals surface area contributed by atoms with Crippen molar-refractivity contribution in [3.63, 3.8) is 0 Å². The van der Waals surface area contributed by atoms with E-state index in [2.05, 4.69) is 24.4 Å². The molecule has 1 unspecified atom stereocenters. The fraction of sp³-hybridized carbons (Fsp3) is 0.778. The number of hydrogen-bond acceptors (Lipinski definition) is 4. The topological polar surface area (TPSA) is 107 Å². The molecule has 2 atom stereocenters. The van der Waals surface area contributed by atoms with Crippen molar-refractivity contribution >= 4 is 11.9 Å². The first-order valence-corrected chi connectivity index (χ1v) is 8.97. The van der Waals surface area contributed by atoms with Crippen LogP contribution in [0.5, 0.6) is 0 Å². The number of carbonyl (C=O) groups excluding carboxylic acids is 1. The molecular weight excluding hydrogens is 310 g/mol. The molecule has 4 N–H and O–H groups in total. The van der Waals surface area contributed by atoms with Gasteiger partial charge in [-0.3, -0.25) is 4.79 Å². The van der Waals surface area contributed by atoms with Crippen LogP contribution in [0, 0.1) is 0 Å². The van der Waals surface area contributed by atoms with Gasteiger partial charge in [-0.1, -0.05) is 44.8 Å². The van der Waals surface area contributed by atoms with Crippen LogP contribution in [0.4, 0.5) is 0 Å². The molecular formula is C18H33NO5. The molecule has 0 spiro atoms. The number of aliphatic hydroxyl groups excluding tert-OH is 2. The summed E-state index contributed by atoms with van der Waals surface area (Å²) in [5.41, 5.74) is 0. The summed E-state index contributed by atoms with van der Waals surface area (Å²) in [7, 11) is 0. The summed E-state index contributed by atoms with van der Waals surface area (Å²) in [6.45, 7) is 1.81. The van der Waals surface area contributed by atoms with Gasteiger partial charge in [0.05, 0.1) is 12.5 Å². The molecule has 6 heteroatoms. The lowest BCUT2D eigenvalue weighted by Gasteiger charge is -2.15. The highest BCUT2D eigenvalue weighted by atomic mass is 16.4. The number of aliphatic hydroxyl groups is 2. The number of carboxylic acids is 1. The van der Waals surface area contributed by atoms with E-state index in [-0.39, 0.29) is 19.4 Å². The Kier molecular flexibility index (Phi) is 14.3. The molecule has 0 bridgehead atoms. The molecule has 0 aliphatic carbocycles. The van der Waals surface area contributed by atoms with Crippen LogP contribution in [-0.4, -0.2) is 45.9 Å². The Morgan fingerprint density at radius 2 is 1.71 bits per heavy atom. The van der Waals surface area contributed by atoms with Gasteiger partial charge in [-0.25, -0.2) is 4.79 Å². The van der Waals surface area contributed by atoms with Crippen molar-refractivity contribution in [1.82, 2.24) is 5.32 Å². The Balaban J connectivity index is 3.70. The van der Waals surface area contributed by atoms with Gasteiger partial charge in [0.1, 0.15) is 6.04 Å². The lowest BCUT2D eigenvalue weighted by molar-refractivity contribution is -0.142. The van der Waals surface area contributed by atoms with E-state index in [4.69, 9.17) is 10.2 Å². The summed E-state index contributed by atoms with van der Waals surface area (Å²) in [4.78, 5) is 22.6. The van der Waals surface area contributed by atoms with Crippen molar-refractivity contribution in [3.05, 3.63) is 12.2 Å². The summed E-state index contributed by atoms with van der Waals surface area (Å²) in [6, 6.07) is -1.10. The highest BCUT2D eigenvalue weighted by molar-refractivity contribution is 5.83. The number of nitrogens with one attached hydrogen (secondary N) is 1. The van der Waals surface area contributed by atoms with Crippen molar-refractivity contribution < 1.29 is 24.9 Å². The molecule has 24 heavy (non-hydrogen) atoms. The van der Waals surface area contributed by atoms with Gasteiger partial charge in [0.25, 0.3) is 0 Å². The van der Waals surface area contributed by atoms with E-state index in [0.717, 1.165) is 32.1 Å². The second kappa shape index (κ2) is 15.1. The van der Waals surface area contributed by atoms with Crippen LogP contribution >= 0.6 is 0 Å². The van der Waals surface area contributed by atoms with Crippen LogP contribution in [-0.2, 0) is 9.59 Å². The lowest BCUT2D eigenvalue weighted by atomic mass is 10.0. The van der Waals surface area contributed by atoms with Crippen molar-refractivity contribution in [1.29, 1.82) is 0 Å². The Hall–Kier alpha value is -1.40. The summed E-state index contributed by atoms with van der Waals surface area (Å²) in [6.07, 6.45) is 11.6. The van der Waals surface area contributed by atoms with Crippen molar-refractivity contribution in [2.24, 2.45) is 0 Å². The van der Waals surface area contributed by atoms with Crippen LogP contribution in [0.1, 0.15) is 71.1 Å². The van der Waals surface area contributed by atoms with Gasteiger partial charge in [0.15, 0.2) is 0 Å². The molecule has 1 amide bonds. The van der Waals surface area contributed by atoms with Gasteiger partial charge in [0.2, 0.25) is 5.91 Å². The molecule has 6 nitrogen and oxygen atoms in total. The van der Waals surface area contributed by atoms with Gasteiger partial charge in [-0.2, -0.15) is 0 Å². The molecule has 140 valence electrons. The first kappa shape index (κ1) is 22.6. The van der Waals surface area contributed by atoms with E-state index in [1.54, 1.807) is 0 Å². The van der Waals surface area contributed by atoms with E-state index >= 15 is 0 Å². The Labute approximate surface area is 145 Å². The number of aliphatic carboxylic acids is 1. The largest absolute Gasteiger partial charge is 0.480 e. The minimum atomic E-state index is -1.18. The van der Waals surface area contributed by atoms with Gasteiger partial charge in [-0.15, -0.1) is 0 Å². The Bertz CT molecular complexity index is 370. The maximum Gasteiger partial charge on any atom is 0.326 e. The van der Waals surface area contributed by atoms with E-state index in [1.165, 1.54) is 12.8 Å². The molecule has 0 aliphatic heterocycles. The third kappa shape index (κ3) is 13.1. The first-order chi connectivity index (χ1) is 11.5. The minimum absolute atomic E-state index is 0.0371. The zero-order valence-corrected chi connectivity index (χ0v) is 14.7. The van der Waals surface area contributed by atoms with Crippen molar-refractivity contribution in [3.8, 4) is 0 Å². The Morgan fingerprint density at radius 1 is 1.04 bits per heavy atom. The van der Waals surface area contributed by atoms with Gasteiger partial charge in [-0.05, 0) is 25.7 Å². The van der Waals surface area contributed by atoms with Crippen LogP contribution in [0.25, 0.3) is 0 Å². The molecule has 0 saturated carbocycles. The van der Waals surface area contributed by atoms with Gasteiger partial charge >= 0.3 is 5.97 Å². The third-order valence-electron chi connectivity index (χ3n) is 3.78. The second-order valence-electron chi connectivity index (χ2n) is 6.05. The molecule has 0 rings (SSSR count). The predicted molar refractivity (Wildman–Crippen MR) is 93.6 cm³/mol. The fourth-order valence-corrected chi connectivity index (χ4v) is 2.41. The predicted octanol–water partition coefficient (Wildman–Crippen LogP) is 2.39. The maximum absolute atomic E-state index is 11.7. The van der Waals surface area contributed by atoms with Crippen molar-refractivity contribution in [2.45, 2.75) is 83.3 Å². The third-order valence-corrected chi connectivity index (χ3v) is 3.78. The number of amides is 1. The fourth-order valence-electron chi connectivity index (χ4n) is 2.41. The average Bonchev–Trinajstić information content (AvgIpc) is 2.52. The highest BCUT2D eigenvalue weighted by Gasteiger charge is 2.20. The molecule has 0 aromatic heterocycles. The summed E-state index contributed by atoms with van der Waals surface area (Å²) < 4.78 is 0. The zero-order chi connectivity index (χ0) is 18.2. The van der Waals surface area contributed by atoms with Crippen LogP contribution in [0.15, 0.2) is 12.2 Å². The van der Waals surface area contributed by atoms with E-state index < -0.39 is 24.0 Å². The molecule has 0 radical (unpaired) electrons. The number of rotatable bonds is 15. The lowest BCUT2D eigenvalue weighted by Crippen LogP contribution is -2.42. The molecule has 0 heterocycles. The first-order valence-electron chi connectivity index (χ1n) is 8.97. The number of carboxylic acid groups (broad SMARTS) is 1. The van der Waals surface area contributed by atoms with Gasteiger partial charge < -0.3 is 20.6 Å². The molecule has 0 aromatic carbocycles. The molecule has 0 aliphatic rings. The number of carbonyl (C=O) groups is 2. The van der Waals surface area contributed by atoms with E-state index in [9.17, 15) is 14.7 Å². The molecule has 0 saturated heterocycles.